The highest BCUT2D eigenvalue weighted by Crippen LogP contribution is 2.31. The smallest absolute Gasteiger partial charge is 0.129 e. The van der Waals surface area contributed by atoms with Gasteiger partial charge in [0.15, 0.2) is 0 Å². The fourth-order valence-corrected chi connectivity index (χ4v) is 5.52. The Morgan fingerprint density at radius 3 is 2.52 bits per heavy atom. The van der Waals surface area contributed by atoms with E-state index in [0.717, 1.165) is 43.6 Å². The summed E-state index contributed by atoms with van der Waals surface area (Å²) in [7, 11) is 0. The number of hydrogen-bond donors (Lipinski definition) is 0. The van der Waals surface area contributed by atoms with Crippen LogP contribution in [0.2, 0.25) is 0 Å². The predicted octanol–water partition coefficient (Wildman–Crippen LogP) is 4.56. The lowest BCUT2D eigenvalue weighted by molar-refractivity contribution is 0.0965. The van der Waals surface area contributed by atoms with E-state index in [1.54, 1.807) is 0 Å². The third-order valence-corrected chi connectivity index (χ3v) is 7.43. The summed E-state index contributed by atoms with van der Waals surface area (Å²) in [6.45, 7) is 11.7. The first-order valence-electron chi connectivity index (χ1n) is 12.2. The lowest BCUT2D eigenvalue weighted by Gasteiger charge is -2.39. The van der Waals surface area contributed by atoms with Gasteiger partial charge >= 0.3 is 0 Å². The Kier molecular flexibility index (Phi) is 6.10. The van der Waals surface area contributed by atoms with Crippen LogP contribution in [0.25, 0.3) is 11.6 Å². The summed E-state index contributed by atoms with van der Waals surface area (Å²) in [5, 5.41) is 0. The van der Waals surface area contributed by atoms with Crippen LogP contribution in [0.15, 0.2) is 42.5 Å². The number of hydrogen-bond acceptors (Lipinski definition) is 4. The van der Waals surface area contributed by atoms with Crippen molar-refractivity contribution < 1.29 is 0 Å². The summed E-state index contributed by atoms with van der Waals surface area (Å²) in [6, 6.07) is 16.7. The summed E-state index contributed by atoms with van der Waals surface area (Å²) >= 11 is 0. The van der Waals surface area contributed by atoms with Crippen LogP contribution in [0.1, 0.15) is 49.9 Å². The Labute approximate surface area is 187 Å². The monoisotopic (exact) mass is 416 g/mol. The quantitative estimate of drug-likeness (QED) is 0.728. The average molecular weight is 417 g/mol. The maximum Gasteiger partial charge on any atom is 0.129 e. The molecule has 0 unspecified atom stereocenters. The van der Waals surface area contributed by atoms with Crippen LogP contribution in [0, 0.1) is 0 Å². The molecule has 2 aliphatic heterocycles. The van der Waals surface area contributed by atoms with Crippen molar-refractivity contribution in [2.24, 2.45) is 0 Å². The molecule has 1 aromatic carbocycles. The van der Waals surface area contributed by atoms with Crippen LogP contribution >= 0.6 is 0 Å². The standard InChI is InChI=1S/C27H36N4/c1-21(2)29-15-11-25(12-16-29)30-13-6-14-31(18-17-30)27-10-5-9-26(28-27)24-19-22-7-3-4-8-23(22)20-24/h3-5,7-10,19,21,25H,6,11-18,20H2,1-2H3. The van der Waals surface area contributed by atoms with E-state index in [1.165, 1.54) is 55.6 Å². The minimum atomic E-state index is 0.682. The first-order valence-corrected chi connectivity index (χ1v) is 12.2. The van der Waals surface area contributed by atoms with Crippen molar-refractivity contribution in [3.63, 3.8) is 0 Å². The minimum absolute atomic E-state index is 0.682. The first kappa shape index (κ1) is 20.7. The fraction of sp³-hybridized carbons (Fsp3) is 0.519. The lowest BCUT2D eigenvalue weighted by Crippen LogP contribution is -2.47. The molecular weight excluding hydrogens is 380 g/mol. The SMILES string of the molecule is CC(C)N1CCC(N2CCCN(c3cccc(C4=Cc5ccccc5C4)n3)CC2)CC1. The fourth-order valence-electron chi connectivity index (χ4n) is 5.52. The number of nitrogens with zero attached hydrogens (tertiary/aromatic N) is 4. The highest BCUT2D eigenvalue weighted by molar-refractivity contribution is 5.87. The predicted molar refractivity (Wildman–Crippen MR) is 130 cm³/mol. The molecule has 0 radical (unpaired) electrons. The molecule has 2 saturated heterocycles. The Hall–Kier alpha value is -2.17. The number of pyridine rings is 1. The Bertz CT molecular complexity index is 926. The average Bonchev–Trinajstić information content (AvgIpc) is 3.09. The van der Waals surface area contributed by atoms with E-state index in [9.17, 15) is 0 Å². The molecule has 2 fully saturated rings. The zero-order chi connectivity index (χ0) is 21.2. The number of aromatic nitrogens is 1. The molecule has 0 spiro atoms. The second kappa shape index (κ2) is 9.13. The van der Waals surface area contributed by atoms with E-state index in [2.05, 4.69) is 77.1 Å². The second-order valence-electron chi connectivity index (χ2n) is 9.66. The van der Waals surface area contributed by atoms with Gasteiger partial charge in [-0.15, -0.1) is 0 Å². The Morgan fingerprint density at radius 2 is 1.71 bits per heavy atom. The van der Waals surface area contributed by atoms with Gasteiger partial charge in [0.1, 0.15) is 5.82 Å². The van der Waals surface area contributed by atoms with Crippen molar-refractivity contribution in [3.05, 3.63) is 59.3 Å². The van der Waals surface area contributed by atoms with Crippen molar-refractivity contribution >= 4 is 17.5 Å². The number of benzene rings is 1. The van der Waals surface area contributed by atoms with Gasteiger partial charge in [0, 0.05) is 44.7 Å². The summed E-state index contributed by atoms with van der Waals surface area (Å²) in [5.74, 6) is 1.14. The molecule has 3 heterocycles. The van der Waals surface area contributed by atoms with E-state index in [4.69, 9.17) is 4.98 Å². The zero-order valence-electron chi connectivity index (χ0n) is 19.1. The molecule has 2 aromatic rings. The maximum absolute atomic E-state index is 5.10. The molecule has 1 aromatic heterocycles. The van der Waals surface area contributed by atoms with E-state index in [1.807, 2.05) is 0 Å². The summed E-state index contributed by atoms with van der Waals surface area (Å²) in [6.07, 6.45) is 7.18. The van der Waals surface area contributed by atoms with Gasteiger partial charge in [-0.25, -0.2) is 4.98 Å². The van der Waals surface area contributed by atoms with Crippen molar-refractivity contribution in [2.75, 3.05) is 44.2 Å². The van der Waals surface area contributed by atoms with E-state index in [-0.39, 0.29) is 0 Å². The minimum Gasteiger partial charge on any atom is -0.355 e. The van der Waals surface area contributed by atoms with Crippen molar-refractivity contribution in [3.8, 4) is 0 Å². The second-order valence-corrected chi connectivity index (χ2v) is 9.66. The van der Waals surface area contributed by atoms with Crippen LogP contribution < -0.4 is 4.90 Å². The summed E-state index contributed by atoms with van der Waals surface area (Å²) in [4.78, 5) is 13.0. The van der Waals surface area contributed by atoms with Gasteiger partial charge in [0.25, 0.3) is 0 Å². The number of allylic oxidation sites excluding steroid dienone is 1. The molecule has 1 aliphatic carbocycles. The van der Waals surface area contributed by atoms with Crippen LogP contribution in [0.3, 0.4) is 0 Å². The molecule has 0 saturated carbocycles. The highest BCUT2D eigenvalue weighted by Gasteiger charge is 2.27. The van der Waals surface area contributed by atoms with Crippen molar-refractivity contribution in [1.82, 2.24) is 14.8 Å². The molecular formula is C27H36N4. The van der Waals surface area contributed by atoms with E-state index >= 15 is 0 Å². The van der Waals surface area contributed by atoms with Gasteiger partial charge in [-0.2, -0.15) is 0 Å². The van der Waals surface area contributed by atoms with Gasteiger partial charge < -0.3 is 9.80 Å². The number of anilines is 1. The third kappa shape index (κ3) is 4.56. The first-order chi connectivity index (χ1) is 15.2. The van der Waals surface area contributed by atoms with E-state index < -0.39 is 0 Å². The molecule has 0 N–H and O–H groups in total. The normalized spacial score (nSPS) is 21.3. The van der Waals surface area contributed by atoms with E-state index in [0.29, 0.717) is 6.04 Å². The van der Waals surface area contributed by atoms with Gasteiger partial charge in [0.2, 0.25) is 0 Å². The van der Waals surface area contributed by atoms with Crippen LogP contribution in [-0.4, -0.2) is 66.1 Å². The third-order valence-electron chi connectivity index (χ3n) is 7.43. The lowest BCUT2D eigenvalue weighted by atomic mass is 10.0. The molecule has 31 heavy (non-hydrogen) atoms. The molecule has 5 rings (SSSR count). The van der Waals surface area contributed by atoms with Gasteiger partial charge in [-0.05, 0) is 81.1 Å². The highest BCUT2D eigenvalue weighted by atomic mass is 15.3. The number of rotatable bonds is 4. The maximum atomic E-state index is 5.10. The molecule has 4 heteroatoms. The number of fused-ring (bicyclic) bond motifs is 1. The molecule has 164 valence electrons. The zero-order valence-corrected chi connectivity index (χ0v) is 19.1. The molecule has 0 amide bonds. The summed E-state index contributed by atoms with van der Waals surface area (Å²) < 4.78 is 0. The number of likely N-dealkylation sites (tertiary alicyclic amines) is 1. The molecule has 4 nitrogen and oxygen atoms in total. The molecule has 0 bridgehead atoms. The van der Waals surface area contributed by atoms with Gasteiger partial charge in [0.05, 0.1) is 5.69 Å². The topological polar surface area (TPSA) is 22.6 Å². The van der Waals surface area contributed by atoms with Gasteiger partial charge in [-0.3, -0.25) is 4.90 Å². The molecule has 0 atom stereocenters. The van der Waals surface area contributed by atoms with Crippen molar-refractivity contribution in [1.29, 1.82) is 0 Å². The van der Waals surface area contributed by atoms with Gasteiger partial charge in [-0.1, -0.05) is 30.3 Å². The Balaban J connectivity index is 1.23. The van der Waals surface area contributed by atoms with Crippen molar-refractivity contribution in [2.45, 2.75) is 51.6 Å². The van der Waals surface area contributed by atoms with Crippen LogP contribution in [0.4, 0.5) is 5.82 Å². The van der Waals surface area contributed by atoms with Crippen LogP contribution in [-0.2, 0) is 6.42 Å². The summed E-state index contributed by atoms with van der Waals surface area (Å²) in [5.41, 5.74) is 5.24. The largest absolute Gasteiger partial charge is 0.355 e. The number of piperidine rings is 1. The molecule has 3 aliphatic rings. The Morgan fingerprint density at radius 1 is 0.871 bits per heavy atom. The van der Waals surface area contributed by atoms with Crippen LogP contribution in [0.5, 0.6) is 0 Å².